The fraction of sp³-hybridized carbons (Fsp3) is 0.500. The number of amides is 1. The molecule has 0 heterocycles. The molecule has 0 bridgehead atoms. The number of nitrogens with zero attached hydrogens (tertiary/aromatic N) is 1. The van der Waals surface area contributed by atoms with Crippen molar-refractivity contribution in [3.05, 3.63) is 35.4 Å². The van der Waals surface area contributed by atoms with Crippen LogP contribution in [0, 0.1) is 0 Å². The molecule has 98 valence electrons. The zero-order valence-electron chi connectivity index (χ0n) is 10.7. The van der Waals surface area contributed by atoms with Crippen LogP contribution < -0.4 is 5.32 Å². The third-order valence-electron chi connectivity index (χ3n) is 3.25. The summed E-state index contributed by atoms with van der Waals surface area (Å²) in [4.78, 5) is 13.8. The second-order valence-electron chi connectivity index (χ2n) is 4.70. The van der Waals surface area contributed by atoms with Crippen LogP contribution in [0.4, 0.5) is 0 Å². The average Bonchev–Trinajstić information content (AvgIpc) is 3.22. The van der Waals surface area contributed by atoms with Crippen LogP contribution in [0.25, 0.3) is 0 Å². The first-order valence-electron chi connectivity index (χ1n) is 6.40. The van der Waals surface area contributed by atoms with Crippen molar-refractivity contribution >= 4 is 5.91 Å². The molecule has 0 radical (unpaired) electrons. The van der Waals surface area contributed by atoms with Crippen LogP contribution in [-0.4, -0.2) is 42.2 Å². The second-order valence-corrected chi connectivity index (χ2v) is 4.70. The second kappa shape index (κ2) is 5.98. The van der Waals surface area contributed by atoms with Gasteiger partial charge in [0.05, 0.1) is 6.61 Å². The molecular formula is C14H20N2O2. The van der Waals surface area contributed by atoms with E-state index in [1.807, 2.05) is 24.3 Å². The highest BCUT2D eigenvalue weighted by Crippen LogP contribution is 2.28. The molecule has 18 heavy (non-hydrogen) atoms. The summed E-state index contributed by atoms with van der Waals surface area (Å²) in [6.45, 7) is 1.69. The molecule has 1 fully saturated rings. The zero-order chi connectivity index (χ0) is 13.0. The van der Waals surface area contributed by atoms with Gasteiger partial charge in [0.2, 0.25) is 0 Å². The van der Waals surface area contributed by atoms with E-state index in [9.17, 15) is 4.79 Å². The summed E-state index contributed by atoms with van der Waals surface area (Å²) in [6, 6.07) is 8.28. The van der Waals surface area contributed by atoms with E-state index in [1.165, 1.54) is 12.8 Å². The van der Waals surface area contributed by atoms with Gasteiger partial charge in [0.1, 0.15) is 0 Å². The van der Waals surface area contributed by atoms with E-state index in [-0.39, 0.29) is 12.5 Å². The SMILES string of the molecule is CNC(=O)c1cccc(CN(CCO)C2CC2)c1. The van der Waals surface area contributed by atoms with Gasteiger partial charge in [-0.2, -0.15) is 0 Å². The molecular weight excluding hydrogens is 228 g/mol. The molecule has 0 aliphatic heterocycles. The largest absolute Gasteiger partial charge is 0.395 e. The number of rotatable bonds is 6. The number of carbonyl (C=O) groups excluding carboxylic acids is 1. The van der Waals surface area contributed by atoms with Gasteiger partial charge in [0, 0.05) is 31.7 Å². The summed E-state index contributed by atoms with van der Waals surface area (Å²) in [7, 11) is 1.64. The third-order valence-corrected chi connectivity index (χ3v) is 3.25. The molecule has 1 aliphatic rings. The first-order valence-corrected chi connectivity index (χ1v) is 6.40. The molecule has 0 saturated heterocycles. The van der Waals surface area contributed by atoms with Crippen molar-refractivity contribution in [3.8, 4) is 0 Å². The minimum Gasteiger partial charge on any atom is -0.395 e. The van der Waals surface area contributed by atoms with Crippen molar-refractivity contribution in [1.82, 2.24) is 10.2 Å². The Hall–Kier alpha value is -1.39. The topological polar surface area (TPSA) is 52.6 Å². The number of aliphatic hydroxyl groups excluding tert-OH is 1. The maximum atomic E-state index is 11.6. The average molecular weight is 248 g/mol. The minimum absolute atomic E-state index is 0.0584. The molecule has 0 aromatic heterocycles. The Bertz CT molecular complexity index is 416. The first kappa shape index (κ1) is 13.1. The smallest absolute Gasteiger partial charge is 0.251 e. The Morgan fingerprint density at radius 3 is 2.89 bits per heavy atom. The summed E-state index contributed by atoms with van der Waals surface area (Å²) < 4.78 is 0. The maximum Gasteiger partial charge on any atom is 0.251 e. The molecule has 1 aromatic carbocycles. The minimum atomic E-state index is -0.0584. The van der Waals surface area contributed by atoms with Gasteiger partial charge in [-0.25, -0.2) is 0 Å². The predicted octanol–water partition coefficient (Wildman–Crippen LogP) is 1.00. The lowest BCUT2D eigenvalue weighted by Gasteiger charge is -2.21. The van der Waals surface area contributed by atoms with Crippen molar-refractivity contribution < 1.29 is 9.90 Å². The van der Waals surface area contributed by atoms with E-state index in [4.69, 9.17) is 5.11 Å². The number of hydrogen-bond acceptors (Lipinski definition) is 3. The lowest BCUT2D eigenvalue weighted by Crippen LogP contribution is -2.28. The number of carbonyl (C=O) groups is 1. The zero-order valence-corrected chi connectivity index (χ0v) is 10.7. The van der Waals surface area contributed by atoms with Crippen LogP contribution in [0.15, 0.2) is 24.3 Å². The molecule has 2 rings (SSSR count). The predicted molar refractivity (Wildman–Crippen MR) is 70.4 cm³/mol. The quantitative estimate of drug-likeness (QED) is 0.790. The lowest BCUT2D eigenvalue weighted by molar-refractivity contribution is 0.0963. The Morgan fingerprint density at radius 2 is 2.28 bits per heavy atom. The lowest BCUT2D eigenvalue weighted by atomic mass is 10.1. The van der Waals surface area contributed by atoms with E-state index in [0.29, 0.717) is 18.2 Å². The molecule has 0 spiro atoms. The molecule has 0 atom stereocenters. The van der Waals surface area contributed by atoms with Gasteiger partial charge < -0.3 is 10.4 Å². The molecule has 0 unspecified atom stereocenters. The van der Waals surface area contributed by atoms with Gasteiger partial charge in [-0.05, 0) is 30.5 Å². The standard InChI is InChI=1S/C14H20N2O2/c1-15-14(18)12-4-2-3-11(9-12)10-16(7-8-17)13-5-6-13/h2-4,9,13,17H,5-8,10H2,1H3,(H,15,18). The van der Waals surface area contributed by atoms with Crippen LogP contribution in [-0.2, 0) is 6.54 Å². The van der Waals surface area contributed by atoms with Crippen molar-refractivity contribution in [2.45, 2.75) is 25.4 Å². The molecule has 1 aromatic rings. The molecule has 4 heteroatoms. The molecule has 2 N–H and O–H groups in total. The summed E-state index contributed by atoms with van der Waals surface area (Å²) in [5, 5.41) is 11.7. The van der Waals surface area contributed by atoms with E-state index in [0.717, 1.165) is 12.1 Å². The molecule has 1 aliphatic carbocycles. The maximum absolute atomic E-state index is 11.6. The Balaban J connectivity index is 2.05. The van der Waals surface area contributed by atoms with E-state index in [2.05, 4.69) is 10.2 Å². The number of aliphatic hydroxyl groups is 1. The van der Waals surface area contributed by atoms with Crippen LogP contribution >= 0.6 is 0 Å². The van der Waals surface area contributed by atoms with Gasteiger partial charge in [-0.3, -0.25) is 9.69 Å². The highest BCUT2D eigenvalue weighted by molar-refractivity contribution is 5.94. The number of benzene rings is 1. The van der Waals surface area contributed by atoms with Gasteiger partial charge in [-0.1, -0.05) is 12.1 Å². The molecule has 1 saturated carbocycles. The highest BCUT2D eigenvalue weighted by Gasteiger charge is 2.28. The summed E-state index contributed by atoms with van der Waals surface area (Å²) in [5.74, 6) is -0.0584. The van der Waals surface area contributed by atoms with Crippen molar-refractivity contribution in [2.75, 3.05) is 20.2 Å². The van der Waals surface area contributed by atoms with E-state index in [1.54, 1.807) is 7.05 Å². The summed E-state index contributed by atoms with van der Waals surface area (Å²) in [5.41, 5.74) is 1.81. The van der Waals surface area contributed by atoms with Crippen LogP contribution in [0.5, 0.6) is 0 Å². The third kappa shape index (κ3) is 3.31. The number of nitrogens with one attached hydrogen (secondary N) is 1. The highest BCUT2D eigenvalue weighted by atomic mass is 16.3. The van der Waals surface area contributed by atoms with Gasteiger partial charge in [-0.15, -0.1) is 0 Å². The van der Waals surface area contributed by atoms with Gasteiger partial charge in [0.25, 0.3) is 5.91 Å². The monoisotopic (exact) mass is 248 g/mol. The van der Waals surface area contributed by atoms with Gasteiger partial charge >= 0.3 is 0 Å². The Labute approximate surface area is 108 Å². The normalized spacial score (nSPS) is 14.8. The van der Waals surface area contributed by atoms with E-state index < -0.39 is 0 Å². The van der Waals surface area contributed by atoms with Gasteiger partial charge in [0.15, 0.2) is 0 Å². The summed E-state index contributed by atoms with van der Waals surface area (Å²) in [6.07, 6.45) is 2.43. The van der Waals surface area contributed by atoms with Crippen LogP contribution in [0.3, 0.4) is 0 Å². The summed E-state index contributed by atoms with van der Waals surface area (Å²) >= 11 is 0. The Kier molecular flexibility index (Phi) is 4.33. The molecule has 4 nitrogen and oxygen atoms in total. The fourth-order valence-electron chi connectivity index (χ4n) is 2.15. The van der Waals surface area contributed by atoms with Crippen LogP contribution in [0.2, 0.25) is 0 Å². The first-order chi connectivity index (χ1) is 8.74. The number of hydrogen-bond donors (Lipinski definition) is 2. The molecule has 1 amide bonds. The fourth-order valence-corrected chi connectivity index (χ4v) is 2.15. The van der Waals surface area contributed by atoms with Crippen molar-refractivity contribution in [2.24, 2.45) is 0 Å². The van der Waals surface area contributed by atoms with Crippen molar-refractivity contribution in [1.29, 1.82) is 0 Å². The van der Waals surface area contributed by atoms with E-state index >= 15 is 0 Å². The van der Waals surface area contributed by atoms with Crippen LogP contribution in [0.1, 0.15) is 28.8 Å². The Morgan fingerprint density at radius 1 is 1.50 bits per heavy atom. The van der Waals surface area contributed by atoms with Crippen molar-refractivity contribution in [3.63, 3.8) is 0 Å².